The van der Waals surface area contributed by atoms with E-state index in [0.29, 0.717) is 11.5 Å². The van der Waals surface area contributed by atoms with E-state index in [4.69, 9.17) is 4.74 Å². The molecule has 4 nitrogen and oxygen atoms in total. The van der Waals surface area contributed by atoms with Gasteiger partial charge in [-0.3, -0.25) is 5.10 Å². The third-order valence-corrected chi connectivity index (χ3v) is 3.74. The summed E-state index contributed by atoms with van der Waals surface area (Å²) in [6.45, 7) is 7.06. The van der Waals surface area contributed by atoms with E-state index in [1.807, 2.05) is 12.4 Å². The van der Waals surface area contributed by atoms with Crippen molar-refractivity contribution in [1.82, 2.24) is 15.5 Å². The van der Waals surface area contributed by atoms with Crippen LogP contribution < -0.4 is 5.32 Å². The molecule has 0 aromatic carbocycles. The molecule has 17 heavy (non-hydrogen) atoms. The van der Waals surface area contributed by atoms with E-state index in [1.165, 1.54) is 24.8 Å². The molecule has 1 aliphatic carbocycles. The molecule has 1 heterocycles. The lowest BCUT2D eigenvalue weighted by atomic mass is 10.0. The Labute approximate surface area is 103 Å². The van der Waals surface area contributed by atoms with Crippen molar-refractivity contribution in [3.63, 3.8) is 0 Å². The third kappa shape index (κ3) is 3.54. The van der Waals surface area contributed by atoms with Gasteiger partial charge in [-0.15, -0.1) is 0 Å². The number of hydrogen-bond donors (Lipinski definition) is 2. The van der Waals surface area contributed by atoms with Gasteiger partial charge in [0.05, 0.1) is 6.20 Å². The highest BCUT2D eigenvalue weighted by atomic mass is 16.5. The molecule has 96 valence electrons. The van der Waals surface area contributed by atoms with Crippen molar-refractivity contribution in [2.24, 2.45) is 5.41 Å². The van der Waals surface area contributed by atoms with Crippen LogP contribution in [-0.2, 0) is 4.74 Å². The van der Waals surface area contributed by atoms with E-state index < -0.39 is 0 Å². The van der Waals surface area contributed by atoms with Crippen LogP contribution in [0.25, 0.3) is 0 Å². The number of rotatable bonds is 8. The van der Waals surface area contributed by atoms with Gasteiger partial charge in [0.15, 0.2) is 0 Å². The Bertz CT molecular complexity index is 319. The average Bonchev–Trinajstić information content (AvgIpc) is 2.90. The van der Waals surface area contributed by atoms with E-state index in [1.54, 1.807) is 0 Å². The number of ether oxygens (including phenoxy) is 1. The van der Waals surface area contributed by atoms with Gasteiger partial charge in [0, 0.05) is 37.6 Å². The van der Waals surface area contributed by atoms with Crippen molar-refractivity contribution in [2.45, 2.75) is 39.2 Å². The second-order valence-corrected chi connectivity index (χ2v) is 5.08. The number of nitrogens with one attached hydrogen (secondary N) is 2. The predicted octanol–water partition coefficient (Wildman–Crippen LogP) is 2.27. The molecule has 1 aromatic rings. The maximum atomic E-state index is 5.45. The smallest absolute Gasteiger partial charge is 0.0534 e. The van der Waals surface area contributed by atoms with Gasteiger partial charge in [-0.1, -0.05) is 0 Å². The van der Waals surface area contributed by atoms with Gasteiger partial charge in [-0.25, -0.2) is 0 Å². The summed E-state index contributed by atoms with van der Waals surface area (Å²) < 4.78 is 5.45. The van der Waals surface area contributed by atoms with Gasteiger partial charge in [-0.05, 0) is 38.5 Å². The lowest BCUT2D eigenvalue weighted by Crippen LogP contribution is -2.27. The first-order chi connectivity index (χ1) is 8.26. The standard InChI is InChI=1S/C13H23N3O/c1-3-17-7-6-13(4-5-13)10-14-11(2)12-8-15-16-9-12/h8-9,11,14H,3-7,10H2,1-2H3,(H,15,16)/t11-/m0/s1. The molecule has 2 N–H and O–H groups in total. The predicted molar refractivity (Wildman–Crippen MR) is 67.8 cm³/mol. The molecule has 1 aromatic heterocycles. The first kappa shape index (κ1) is 12.6. The number of nitrogens with zero attached hydrogens (tertiary/aromatic N) is 1. The van der Waals surface area contributed by atoms with Crippen molar-refractivity contribution in [1.29, 1.82) is 0 Å². The monoisotopic (exact) mass is 237 g/mol. The van der Waals surface area contributed by atoms with Gasteiger partial charge in [0.2, 0.25) is 0 Å². The third-order valence-electron chi connectivity index (χ3n) is 3.74. The van der Waals surface area contributed by atoms with Crippen LogP contribution in [0.3, 0.4) is 0 Å². The minimum Gasteiger partial charge on any atom is -0.382 e. The van der Waals surface area contributed by atoms with Crippen LogP contribution in [-0.4, -0.2) is 30.0 Å². The van der Waals surface area contributed by atoms with Gasteiger partial charge in [-0.2, -0.15) is 5.10 Å². The van der Waals surface area contributed by atoms with E-state index in [2.05, 4.69) is 29.4 Å². The summed E-state index contributed by atoms with van der Waals surface area (Å²) in [5.41, 5.74) is 1.73. The molecule has 0 radical (unpaired) electrons. The molecule has 0 unspecified atom stereocenters. The zero-order chi connectivity index (χ0) is 12.1. The fourth-order valence-corrected chi connectivity index (χ4v) is 2.11. The van der Waals surface area contributed by atoms with Gasteiger partial charge < -0.3 is 10.1 Å². The second-order valence-electron chi connectivity index (χ2n) is 5.08. The molecule has 0 amide bonds. The summed E-state index contributed by atoms with van der Waals surface area (Å²) in [5.74, 6) is 0. The molecular formula is C13H23N3O. The Kier molecular flexibility index (Phi) is 4.18. The second kappa shape index (κ2) is 5.65. The quantitative estimate of drug-likeness (QED) is 0.682. The molecule has 0 spiro atoms. The average molecular weight is 237 g/mol. The van der Waals surface area contributed by atoms with Gasteiger partial charge in [0.1, 0.15) is 0 Å². The van der Waals surface area contributed by atoms with Crippen molar-refractivity contribution < 1.29 is 4.74 Å². The zero-order valence-corrected chi connectivity index (χ0v) is 10.8. The summed E-state index contributed by atoms with van der Waals surface area (Å²) in [7, 11) is 0. The fraction of sp³-hybridized carbons (Fsp3) is 0.769. The van der Waals surface area contributed by atoms with Crippen molar-refractivity contribution in [3.05, 3.63) is 18.0 Å². The van der Waals surface area contributed by atoms with Crippen LogP contribution in [0.5, 0.6) is 0 Å². The number of aromatic amines is 1. The Morgan fingerprint density at radius 2 is 2.41 bits per heavy atom. The topological polar surface area (TPSA) is 49.9 Å². The molecule has 4 heteroatoms. The molecule has 0 aliphatic heterocycles. The van der Waals surface area contributed by atoms with E-state index in [9.17, 15) is 0 Å². The summed E-state index contributed by atoms with van der Waals surface area (Å²) in [4.78, 5) is 0. The molecule has 0 saturated heterocycles. The highest BCUT2D eigenvalue weighted by Crippen LogP contribution is 2.48. The molecule has 1 aliphatic rings. The first-order valence-corrected chi connectivity index (χ1v) is 6.55. The maximum absolute atomic E-state index is 5.45. The van der Waals surface area contributed by atoms with E-state index in [-0.39, 0.29) is 0 Å². The Balaban J connectivity index is 1.70. The Morgan fingerprint density at radius 3 is 3.00 bits per heavy atom. The van der Waals surface area contributed by atoms with Crippen LogP contribution >= 0.6 is 0 Å². The van der Waals surface area contributed by atoms with Crippen LogP contribution in [0.15, 0.2) is 12.4 Å². The van der Waals surface area contributed by atoms with Crippen molar-refractivity contribution >= 4 is 0 Å². The highest BCUT2D eigenvalue weighted by Gasteiger charge is 2.41. The summed E-state index contributed by atoms with van der Waals surface area (Å²) in [5, 5.41) is 10.4. The molecule has 1 fully saturated rings. The maximum Gasteiger partial charge on any atom is 0.0534 e. The molecule has 2 rings (SSSR count). The number of hydrogen-bond acceptors (Lipinski definition) is 3. The zero-order valence-electron chi connectivity index (χ0n) is 10.8. The summed E-state index contributed by atoms with van der Waals surface area (Å²) in [6.07, 6.45) is 7.71. The fourth-order valence-electron chi connectivity index (χ4n) is 2.11. The minimum absolute atomic E-state index is 0.373. The van der Waals surface area contributed by atoms with E-state index in [0.717, 1.165) is 19.8 Å². The minimum atomic E-state index is 0.373. The van der Waals surface area contributed by atoms with Gasteiger partial charge >= 0.3 is 0 Å². The molecular weight excluding hydrogens is 214 g/mol. The van der Waals surface area contributed by atoms with Crippen LogP contribution in [0, 0.1) is 5.41 Å². The lowest BCUT2D eigenvalue weighted by Gasteiger charge is -2.19. The molecule has 0 bridgehead atoms. The van der Waals surface area contributed by atoms with Crippen molar-refractivity contribution in [2.75, 3.05) is 19.8 Å². The summed E-state index contributed by atoms with van der Waals surface area (Å²) in [6, 6.07) is 0.373. The normalized spacial score (nSPS) is 19.2. The van der Waals surface area contributed by atoms with Crippen molar-refractivity contribution in [3.8, 4) is 0 Å². The van der Waals surface area contributed by atoms with E-state index >= 15 is 0 Å². The van der Waals surface area contributed by atoms with Gasteiger partial charge in [0.25, 0.3) is 0 Å². The SMILES string of the molecule is CCOCCC1(CN[C@@H](C)c2cn[nH]c2)CC1. The molecule has 1 saturated carbocycles. The molecule has 1 atom stereocenters. The Hall–Kier alpha value is -0.870. The Morgan fingerprint density at radius 1 is 1.59 bits per heavy atom. The van der Waals surface area contributed by atoms with Crippen LogP contribution in [0.1, 0.15) is 44.7 Å². The number of H-pyrrole nitrogens is 1. The summed E-state index contributed by atoms with van der Waals surface area (Å²) >= 11 is 0. The van der Waals surface area contributed by atoms with Crippen LogP contribution in [0.4, 0.5) is 0 Å². The highest BCUT2D eigenvalue weighted by molar-refractivity contribution is 5.08. The first-order valence-electron chi connectivity index (χ1n) is 6.55. The number of aromatic nitrogens is 2. The largest absolute Gasteiger partial charge is 0.382 e. The lowest BCUT2D eigenvalue weighted by molar-refractivity contribution is 0.127. The van der Waals surface area contributed by atoms with Crippen LogP contribution in [0.2, 0.25) is 0 Å².